The summed E-state index contributed by atoms with van der Waals surface area (Å²) in [6.07, 6.45) is 4.34. The number of carbonyl (C=O) groups excluding carboxylic acids is 2. The third-order valence-corrected chi connectivity index (χ3v) is 3.76. The smallest absolute Gasteiger partial charge is 0.255 e. The molecule has 3 rings (SSSR count). The van der Waals surface area contributed by atoms with E-state index >= 15 is 0 Å². The molecule has 7 heteroatoms. The molecule has 2 aromatic heterocycles. The minimum Gasteiger partial charge on any atom is -0.472 e. The van der Waals surface area contributed by atoms with Crippen LogP contribution in [0.25, 0.3) is 0 Å². The van der Waals surface area contributed by atoms with Gasteiger partial charge in [-0.1, -0.05) is 18.2 Å². The average molecular weight is 365 g/mol. The molecule has 0 fully saturated rings. The zero-order chi connectivity index (χ0) is 19.1. The number of aromatic nitrogens is 1. The Morgan fingerprint density at radius 1 is 1.19 bits per heavy atom. The van der Waals surface area contributed by atoms with Gasteiger partial charge in [-0.3, -0.25) is 9.59 Å². The maximum Gasteiger partial charge on any atom is 0.255 e. The van der Waals surface area contributed by atoms with Gasteiger partial charge in [0.15, 0.2) is 0 Å². The molecule has 0 aliphatic carbocycles. The third-order valence-electron chi connectivity index (χ3n) is 3.76. The fraction of sp³-hybridized carbons (Fsp3) is 0.150. The van der Waals surface area contributed by atoms with Crippen LogP contribution in [-0.2, 0) is 11.3 Å². The number of para-hydroxylation sites is 1. The lowest BCUT2D eigenvalue weighted by Crippen LogP contribution is -2.44. The van der Waals surface area contributed by atoms with Gasteiger partial charge in [0.1, 0.15) is 18.1 Å². The van der Waals surface area contributed by atoms with E-state index in [0.717, 1.165) is 5.56 Å². The molecule has 2 heterocycles. The molecule has 7 nitrogen and oxygen atoms in total. The summed E-state index contributed by atoms with van der Waals surface area (Å²) in [7, 11) is 0. The van der Waals surface area contributed by atoms with Crippen LogP contribution in [0.4, 0.5) is 0 Å². The summed E-state index contributed by atoms with van der Waals surface area (Å²) in [6.45, 7) is 1.90. The number of benzene rings is 1. The molecule has 0 aliphatic heterocycles. The number of amides is 2. The van der Waals surface area contributed by atoms with Crippen LogP contribution in [-0.4, -0.2) is 22.8 Å². The van der Waals surface area contributed by atoms with Crippen molar-refractivity contribution in [2.24, 2.45) is 0 Å². The molecule has 0 unspecified atom stereocenters. The van der Waals surface area contributed by atoms with Crippen molar-refractivity contribution in [3.05, 3.63) is 78.4 Å². The van der Waals surface area contributed by atoms with E-state index < -0.39 is 6.04 Å². The monoisotopic (exact) mass is 365 g/mol. The summed E-state index contributed by atoms with van der Waals surface area (Å²) in [5, 5.41) is 5.39. The molecule has 138 valence electrons. The lowest BCUT2D eigenvalue weighted by Gasteiger charge is -2.14. The fourth-order valence-corrected chi connectivity index (χ4v) is 2.31. The second kappa shape index (κ2) is 8.66. The van der Waals surface area contributed by atoms with Crippen molar-refractivity contribution in [2.45, 2.75) is 19.5 Å². The van der Waals surface area contributed by atoms with Gasteiger partial charge in [0.25, 0.3) is 5.91 Å². The normalized spacial score (nSPS) is 11.4. The minimum atomic E-state index is -0.686. The van der Waals surface area contributed by atoms with Gasteiger partial charge < -0.3 is 19.8 Å². The van der Waals surface area contributed by atoms with Gasteiger partial charge in [0.05, 0.1) is 11.8 Å². The molecule has 1 aromatic carbocycles. The molecule has 1 atom stereocenters. The first-order chi connectivity index (χ1) is 13.1. The molecular weight excluding hydrogens is 346 g/mol. The average Bonchev–Trinajstić information content (AvgIpc) is 3.22. The van der Waals surface area contributed by atoms with Crippen LogP contribution in [0.2, 0.25) is 0 Å². The number of furan rings is 1. The van der Waals surface area contributed by atoms with Crippen molar-refractivity contribution < 1.29 is 18.7 Å². The van der Waals surface area contributed by atoms with Gasteiger partial charge in [-0.15, -0.1) is 0 Å². The van der Waals surface area contributed by atoms with Crippen molar-refractivity contribution >= 4 is 11.8 Å². The van der Waals surface area contributed by atoms with Gasteiger partial charge >= 0.3 is 0 Å². The number of rotatable bonds is 7. The molecule has 0 saturated carbocycles. The highest BCUT2D eigenvalue weighted by atomic mass is 16.5. The highest BCUT2D eigenvalue weighted by molar-refractivity contribution is 5.97. The second-order valence-corrected chi connectivity index (χ2v) is 5.84. The van der Waals surface area contributed by atoms with E-state index in [0.29, 0.717) is 23.7 Å². The van der Waals surface area contributed by atoms with Gasteiger partial charge in [-0.25, -0.2) is 4.98 Å². The van der Waals surface area contributed by atoms with E-state index in [1.807, 2.05) is 30.3 Å². The van der Waals surface area contributed by atoms with Crippen molar-refractivity contribution in [1.82, 2.24) is 15.6 Å². The Kier molecular flexibility index (Phi) is 5.84. The van der Waals surface area contributed by atoms with Gasteiger partial charge in [-0.05, 0) is 36.8 Å². The Morgan fingerprint density at radius 3 is 2.74 bits per heavy atom. The van der Waals surface area contributed by atoms with Crippen LogP contribution in [0.1, 0.15) is 22.8 Å². The number of carbonyl (C=O) groups is 2. The maximum atomic E-state index is 12.2. The van der Waals surface area contributed by atoms with Crippen LogP contribution in [0.5, 0.6) is 11.6 Å². The third kappa shape index (κ3) is 5.18. The molecule has 0 radical (unpaired) electrons. The highest BCUT2D eigenvalue weighted by Crippen LogP contribution is 2.19. The van der Waals surface area contributed by atoms with Crippen molar-refractivity contribution in [3.63, 3.8) is 0 Å². The van der Waals surface area contributed by atoms with Gasteiger partial charge in [-0.2, -0.15) is 0 Å². The molecule has 0 aliphatic rings. The molecule has 0 spiro atoms. The summed E-state index contributed by atoms with van der Waals surface area (Å²) in [4.78, 5) is 28.3. The Hall–Kier alpha value is -3.61. The van der Waals surface area contributed by atoms with Crippen LogP contribution in [0.3, 0.4) is 0 Å². The van der Waals surface area contributed by atoms with E-state index in [1.54, 1.807) is 25.3 Å². The second-order valence-electron chi connectivity index (χ2n) is 5.84. The number of pyridine rings is 1. The first kappa shape index (κ1) is 18.2. The Labute approximate surface area is 156 Å². The van der Waals surface area contributed by atoms with Crippen LogP contribution >= 0.6 is 0 Å². The zero-order valence-electron chi connectivity index (χ0n) is 14.7. The molecule has 27 heavy (non-hydrogen) atoms. The van der Waals surface area contributed by atoms with E-state index in [4.69, 9.17) is 9.15 Å². The number of hydrogen-bond donors (Lipinski definition) is 2. The summed E-state index contributed by atoms with van der Waals surface area (Å²) in [5.41, 5.74) is 1.20. The van der Waals surface area contributed by atoms with Crippen LogP contribution in [0, 0.1) is 0 Å². The van der Waals surface area contributed by atoms with E-state index in [9.17, 15) is 9.59 Å². The maximum absolute atomic E-state index is 12.2. The summed E-state index contributed by atoms with van der Waals surface area (Å²) in [6, 6.07) is 13.7. The molecule has 3 aromatic rings. The van der Waals surface area contributed by atoms with E-state index in [1.165, 1.54) is 18.6 Å². The number of nitrogens with zero attached hydrogens (tertiary/aromatic N) is 1. The van der Waals surface area contributed by atoms with Gasteiger partial charge in [0.2, 0.25) is 11.8 Å². The van der Waals surface area contributed by atoms with E-state index in [-0.39, 0.29) is 11.8 Å². The van der Waals surface area contributed by atoms with Crippen LogP contribution in [0.15, 0.2) is 71.7 Å². The van der Waals surface area contributed by atoms with Crippen molar-refractivity contribution in [3.8, 4) is 11.6 Å². The molecule has 2 N–H and O–H groups in total. The number of hydrogen-bond acceptors (Lipinski definition) is 5. The minimum absolute atomic E-state index is 0.290. The molecular formula is C20H19N3O4. The Balaban J connectivity index is 1.52. The Morgan fingerprint density at radius 2 is 2.00 bits per heavy atom. The summed E-state index contributed by atoms with van der Waals surface area (Å²) in [5.74, 6) is 0.457. The van der Waals surface area contributed by atoms with E-state index in [2.05, 4.69) is 15.6 Å². The zero-order valence-corrected chi connectivity index (χ0v) is 14.7. The number of ether oxygens (including phenoxy) is 1. The molecule has 2 amide bonds. The first-order valence-electron chi connectivity index (χ1n) is 8.40. The summed E-state index contributed by atoms with van der Waals surface area (Å²) < 4.78 is 10.5. The standard InChI is InChI=1S/C20H19N3O4/c1-14(23-20(25)16-8-10-26-13-16)19(24)22-12-15-7-9-21-18(11-15)27-17-5-3-2-4-6-17/h2-11,13-14H,12H2,1H3,(H,22,24)(H,23,25)/t14-/m0/s1. The van der Waals surface area contributed by atoms with Crippen LogP contribution < -0.4 is 15.4 Å². The fourth-order valence-electron chi connectivity index (χ4n) is 2.31. The quantitative estimate of drug-likeness (QED) is 0.671. The number of nitrogens with one attached hydrogen (secondary N) is 2. The van der Waals surface area contributed by atoms with Gasteiger partial charge in [0, 0.05) is 18.8 Å². The lowest BCUT2D eigenvalue weighted by molar-refractivity contribution is -0.122. The SMILES string of the molecule is C[C@H](NC(=O)c1ccoc1)C(=O)NCc1ccnc(Oc2ccccc2)c1. The highest BCUT2D eigenvalue weighted by Gasteiger charge is 2.17. The largest absolute Gasteiger partial charge is 0.472 e. The predicted octanol–water partition coefficient (Wildman–Crippen LogP) is 2.90. The first-order valence-corrected chi connectivity index (χ1v) is 8.40. The Bertz CT molecular complexity index is 895. The van der Waals surface area contributed by atoms with Crippen molar-refractivity contribution in [1.29, 1.82) is 0 Å². The van der Waals surface area contributed by atoms with Crippen molar-refractivity contribution in [2.75, 3.05) is 0 Å². The topological polar surface area (TPSA) is 93.5 Å². The molecule has 0 bridgehead atoms. The molecule has 0 saturated heterocycles. The summed E-state index contributed by atoms with van der Waals surface area (Å²) >= 11 is 0. The lowest BCUT2D eigenvalue weighted by atomic mass is 10.2. The predicted molar refractivity (Wildman–Crippen MR) is 98.2 cm³/mol.